The molecular formula is C4H10NO. The van der Waals surface area contributed by atoms with Crippen molar-refractivity contribution in [1.82, 2.24) is 0 Å². The molecule has 0 heterocycles. The lowest BCUT2D eigenvalue weighted by atomic mass is 10.4. The average molecular weight is 88.1 g/mol. The van der Waals surface area contributed by atoms with E-state index < -0.39 is 0 Å². The largest absolute Gasteiger partial charge is 0.383 e. The summed E-state index contributed by atoms with van der Waals surface area (Å²) in [6, 6.07) is -0.0741. The highest BCUT2D eigenvalue weighted by atomic mass is 16.5. The Kier molecular flexibility index (Phi) is 3.08. The summed E-state index contributed by atoms with van der Waals surface area (Å²) in [6.45, 7) is 4.02. The summed E-state index contributed by atoms with van der Waals surface area (Å²) in [6.07, 6.45) is 0. The third-order valence-electron chi connectivity index (χ3n) is 0.381. The zero-order valence-corrected chi connectivity index (χ0v) is 3.98. The molecule has 0 saturated heterocycles. The van der Waals surface area contributed by atoms with Gasteiger partial charge in [-0.05, 0) is 6.92 Å². The predicted molar refractivity (Wildman–Crippen MR) is 25.2 cm³/mol. The Hall–Kier alpha value is -0.0800. The molecule has 0 rings (SSSR count). The molecule has 0 unspecified atom stereocenters. The van der Waals surface area contributed by atoms with Crippen LogP contribution in [0.15, 0.2) is 0 Å². The van der Waals surface area contributed by atoms with Crippen LogP contribution >= 0.6 is 0 Å². The van der Waals surface area contributed by atoms with E-state index in [0.29, 0.717) is 6.61 Å². The summed E-state index contributed by atoms with van der Waals surface area (Å²) in [5.41, 5.74) is 5.17. The number of hydrogen-bond acceptors (Lipinski definition) is 2. The third-order valence-corrected chi connectivity index (χ3v) is 0.381. The van der Waals surface area contributed by atoms with Crippen LogP contribution in [0.5, 0.6) is 0 Å². The lowest BCUT2D eigenvalue weighted by Crippen LogP contribution is -2.20. The van der Waals surface area contributed by atoms with Crippen LogP contribution in [-0.4, -0.2) is 19.8 Å². The van der Waals surface area contributed by atoms with E-state index in [0.717, 1.165) is 0 Å². The van der Waals surface area contributed by atoms with E-state index in [1.807, 2.05) is 0 Å². The number of hydrogen-bond donors (Lipinski definition) is 1. The number of methoxy groups -OCH3 is 1. The molecule has 1 radical (unpaired) electrons. The summed E-state index contributed by atoms with van der Waals surface area (Å²) in [4.78, 5) is 0. The number of nitrogens with two attached hydrogens (primary N) is 1. The Morgan fingerprint density at radius 1 is 2.00 bits per heavy atom. The normalized spacial score (nSPS) is 14.5. The minimum atomic E-state index is -0.0741. The summed E-state index contributed by atoms with van der Waals surface area (Å²) < 4.78 is 4.62. The monoisotopic (exact) mass is 88.1 g/mol. The van der Waals surface area contributed by atoms with Gasteiger partial charge < -0.3 is 10.5 Å². The molecule has 0 spiro atoms. The van der Waals surface area contributed by atoms with Gasteiger partial charge in [0.25, 0.3) is 0 Å². The number of rotatable bonds is 2. The predicted octanol–water partition coefficient (Wildman–Crippen LogP) is -0.206. The second-order valence-electron chi connectivity index (χ2n) is 1.22. The average Bonchev–Trinajstić information content (AvgIpc) is 1.35. The quantitative estimate of drug-likeness (QED) is 0.507. The van der Waals surface area contributed by atoms with Gasteiger partial charge in [0.1, 0.15) is 0 Å². The Balaban J connectivity index is 2.63. The highest BCUT2D eigenvalue weighted by Crippen LogP contribution is 1.70. The first-order valence-corrected chi connectivity index (χ1v) is 1.85. The third kappa shape index (κ3) is 3.92. The van der Waals surface area contributed by atoms with E-state index in [9.17, 15) is 0 Å². The van der Waals surface area contributed by atoms with Crippen LogP contribution in [0.25, 0.3) is 0 Å². The molecule has 0 aromatic carbocycles. The maximum atomic E-state index is 5.17. The molecule has 37 valence electrons. The maximum absolute atomic E-state index is 5.17. The zero-order chi connectivity index (χ0) is 4.99. The van der Waals surface area contributed by atoms with Gasteiger partial charge in [0.15, 0.2) is 0 Å². The van der Waals surface area contributed by atoms with E-state index in [4.69, 9.17) is 5.73 Å². The van der Waals surface area contributed by atoms with Crippen molar-refractivity contribution in [1.29, 1.82) is 0 Å². The molecule has 2 nitrogen and oxygen atoms in total. The second-order valence-corrected chi connectivity index (χ2v) is 1.22. The molecular weight excluding hydrogens is 78.0 g/mol. The van der Waals surface area contributed by atoms with Gasteiger partial charge in [0.05, 0.1) is 6.61 Å². The molecule has 0 aromatic heterocycles. The number of ether oxygens (including phenoxy) is 1. The van der Waals surface area contributed by atoms with Gasteiger partial charge in [-0.1, -0.05) is 0 Å². The van der Waals surface area contributed by atoms with Crippen LogP contribution in [0.2, 0.25) is 0 Å². The van der Waals surface area contributed by atoms with Crippen LogP contribution in [0.1, 0.15) is 0 Å². The fourth-order valence-electron chi connectivity index (χ4n) is 0.214. The van der Waals surface area contributed by atoms with Crippen molar-refractivity contribution in [3.63, 3.8) is 0 Å². The summed E-state index contributed by atoms with van der Waals surface area (Å²) in [7, 11) is 1.60. The lowest BCUT2D eigenvalue weighted by Gasteiger charge is -1.98. The van der Waals surface area contributed by atoms with E-state index in [2.05, 4.69) is 11.7 Å². The van der Waals surface area contributed by atoms with Gasteiger partial charge in [0.2, 0.25) is 0 Å². The molecule has 0 saturated carbocycles. The van der Waals surface area contributed by atoms with Crippen molar-refractivity contribution in [2.45, 2.75) is 6.04 Å². The first kappa shape index (κ1) is 5.92. The maximum Gasteiger partial charge on any atom is 0.0613 e. The molecule has 0 aromatic rings. The molecule has 0 bridgehead atoms. The Morgan fingerprint density at radius 2 is 2.50 bits per heavy atom. The van der Waals surface area contributed by atoms with Crippen molar-refractivity contribution in [2.24, 2.45) is 5.73 Å². The molecule has 0 amide bonds. The van der Waals surface area contributed by atoms with Crippen LogP contribution in [-0.2, 0) is 4.74 Å². The van der Waals surface area contributed by atoms with Gasteiger partial charge in [-0.25, -0.2) is 0 Å². The van der Waals surface area contributed by atoms with Gasteiger partial charge in [-0.3, -0.25) is 0 Å². The van der Waals surface area contributed by atoms with Crippen molar-refractivity contribution in [3.8, 4) is 0 Å². The summed E-state index contributed by atoms with van der Waals surface area (Å²) in [5.74, 6) is 0. The van der Waals surface area contributed by atoms with Gasteiger partial charge >= 0.3 is 0 Å². The van der Waals surface area contributed by atoms with Crippen LogP contribution in [0.4, 0.5) is 0 Å². The summed E-state index contributed by atoms with van der Waals surface area (Å²) >= 11 is 0. The fourth-order valence-corrected chi connectivity index (χ4v) is 0.214. The standard InChI is InChI=1S/C4H10NO/c1-4(5)3-6-2/h4H,1,3,5H2,2H3/t4-/m0/s1. The van der Waals surface area contributed by atoms with Crippen molar-refractivity contribution in [3.05, 3.63) is 6.92 Å². The van der Waals surface area contributed by atoms with E-state index >= 15 is 0 Å². The fraction of sp³-hybridized carbons (Fsp3) is 0.750. The zero-order valence-electron chi connectivity index (χ0n) is 3.98. The minimum Gasteiger partial charge on any atom is -0.383 e. The van der Waals surface area contributed by atoms with Crippen molar-refractivity contribution in [2.75, 3.05) is 13.7 Å². The van der Waals surface area contributed by atoms with E-state index in [-0.39, 0.29) is 6.04 Å². The lowest BCUT2D eigenvalue weighted by molar-refractivity contribution is 0.191. The molecule has 6 heavy (non-hydrogen) atoms. The van der Waals surface area contributed by atoms with E-state index in [1.54, 1.807) is 7.11 Å². The van der Waals surface area contributed by atoms with Gasteiger partial charge in [-0.15, -0.1) is 0 Å². The summed E-state index contributed by atoms with van der Waals surface area (Å²) in [5, 5.41) is 0. The highest BCUT2D eigenvalue weighted by molar-refractivity contribution is 4.58. The molecule has 0 fully saturated rings. The van der Waals surface area contributed by atoms with Crippen LogP contribution in [0.3, 0.4) is 0 Å². The molecule has 0 aliphatic carbocycles. The van der Waals surface area contributed by atoms with Crippen LogP contribution < -0.4 is 5.73 Å². The Morgan fingerprint density at radius 3 is 2.50 bits per heavy atom. The molecule has 0 aliphatic rings. The SMILES string of the molecule is [CH2][C@H](N)COC. The smallest absolute Gasteiger partial charge is 0.0613 e. The first-order valence-electron chi connectivity index (χ1n) is 1.85. The van der Waals surface area contributed by atoms with Gasteiger partial charge in [0, 0.05) is 13.2 Å². The molecule has 2 heteroatoms. The van der Waals surface area contributed by atoms with Crippen molar-refractivity contribution < 1.29 is 4.74 Å². The highest BCUT2D eigenvalue weighted by Gasteiger charge is 1.85. The second kappa shape index (κ2) is 3.12. The Labute approximate surface area is 38.3 Å². The van der Waals surface area contributed by atoms with Crippen LogP contribution in [0, 0.1) is 6.92 Å². The van der Waals surface area contributed by atoms with E-state index in [1.165, 1.54) is 0 Å². The minimum absolute atomic E-state index is 0.0741. The molecule has 0 aliphatic heterocycles. The van der Waals surface area contributed by atoms with Gasteiger partial charge in [-0.2, -0.15) is 0 Å². The van der Waals surface area contributed by atoms with Crippen molar-refractivity contribution >= 4 is 0 Å². The molecule has 1 atom stereocenters. The topological polar surface area (TPSA) is 35.2 Å². The Bertz CT molecular complexity index is 28.7. The molecule has 2 N–H and O–H groups in total. The first-order chi connectivity index (χ1) is 2.77.